The molecule has 1 saturated heterocycles. The molecule has 1 heterocycles. The predicted octanol–water partition coefficient (Wildman–Crippen LogP) is 4.90. The number of hydrogen-bond donors (Lipinski definition) is 0. The highest BCUT2D eigenvalue weighted by molar-refractivity contribution is 6.74. The molecule has 0 saturated carbocycles. The van der Waals surface area contributed by atoms with Crippen molar-refractivity contribution >= 4 is 14.3 Å². The monoisotopic (exact) mass is 380 g/mol. The molecule has 1 aliphatic heterocycles. The fourth-order valence-corrected chi connectivity index (χ4v) is 3.53. The molecular weight excluding hydrogens is 348 g/mol. The van der Waals surface area contributed by atoms with Crippen LogP contribution in [-0.4, -0.2) is 34.3 Å². The second kappa shape index (κ2) is 8.54. The molecule has 6 heteroatoms. The summed E-state index contributed by atoms with van der Waals surface area (Å²) in [5.41, 5.74) is 1.36. The predicted molar refractivity (Wildman–Crippen MR) is 104 cm³/mol. The Morgan fingerprint density at radius 2 is 1.96 bits per heavy atom. The molecule has 26 heavy (non-hydrogen) atoms. The lowest BCUT2D eigenvalue weighted by Crippen LogP contribution is -2.43. The van der Waals surface area contributed by atoms with Crippen LogP contribution in [0.15, 0.2) is 18.2 Å². The van der Waals surface area contributed by atoms with Crippen LogP contribution in [0.4, 0.5) is 0 Å². The quantitative estimate of drug-likeness (QED) is 0.519. The van der Waals surface area contributed by atoms with E-state index in [1.165, 1.54) is 7.11 Å². The van der Waals surface area contributed by atoms with Gasteiger partial charge in [-0.3, -0.25) is 0 Å². The number of esters is 1. The van der Waals surface area contributed by atoms with E-state index in [9.17, 15) is 4.79 Å². The number of hydrogen-bond acceptors (Lipinski definition) is 5. The summed E-state index contributed by atoms with van der Waals surface area (Å²) in [6.45, 7) is 12.1. The fraction of sp³-hybridized carbons (Fsp3) is 0.650. The van der Waals surface area contributed by atoms with Gasteiger partial charge in [0.15, 0.2) is 6.29 Å². The highest BCUT2D eigenvalue weighted by Crippen LogP contribution is 2.37. The highest BCUT2D eigenvalue weighted by atomic mass is 28.4. The third-order valence-electron chi connectivity index (χ3n) is 5.14. The van der Waals surface area contributed by atoms with Crippen molar-refractivity contribution in [1.82, 2.24) is 0 Å². The Hall–Kier alpha value is -1.37. The summed E-state index contributed by atoms with van der Waals surface area (Å²) >= 11 is 0. The van der Waals surface area contributed by atoms with Gasteiger partial charge in [-0.15, -0.1) is 0 Å². The summed E-state index contributed by atoms with van der Waals surface area (Å²) < 4.78 is 22.8. The summed E-state index contributed by atoms with van der Waals surface area (Å²) in [5, 5.41) is 0.0703. The number of ether oxygens (including phenoxy) is 3. The molecule has 0 spiro atoms. The van der Waals surface area contributed by atoms with Crippen LogP contribution in [0.2, 0.25) is 18.1 Å². The van der Waals surface area contributed by atoms with Crippen LogP contribution in [-0.2, 0) is 20.8 Å². The van der Waals surface area contributed by atoms with Crippen molar-refractivity contribution in [2.45, 2.75) is 71.1 Å². The first-order chi connectivity index (χ1) is 12.1. The molecule has 1 aromatic carbocycles. The lowest BCUT2D eigenvalue weighted by Gasteiger charge is -2.36. The average Bonchev–Trinajstić information content (AvgIpc) is 2.58. The molecule has 1 unspecified atom stereocenters. The smallest absolute Gasteiger partial charge is 0.337 e. The van der Waals surface area contributed by atoms with Gasteiger partial charge in [0.25, 0.3) is 0 Å². The molecule has 1 aromatic rings. The van der Waals surface area contributed by atoms with Gasteiger partial charge in [0.2, 0.25) is 8.32 Å². The number of benzene rings is 1. The third kappa shape index (κ3) is 5.56. The van der Waals surface area contributed by atoms with Gasteiger partial charge in [0.1, 0.15) is 5.75 Å². The Labute approximate surface area is 158 Å². The molecule has 2 rings (SSSR count). The SMILES string of the molecule is COC(=O)c1cc(COC2CCCCO2)cc(O[Si](C)(C)C(C)(C)C)c1. The normalized spacial score (nSPS) is 18.5. The van der Waals surface area contributed by atoms with E-state index < -0.39 is 8.32 Å². The third-order valence-corrected chi connectivity index (χ3v) is 9.50. The van der Waals surface area contributed by atoms with Crippen molar-refractivity contribution in [3.05, 3.63) is 29.3 Å². The first-order valence-electron chi connectivity index (χ1n) is 9.27. The van der Waals surface area contributed by atoms with Gasteiger partial charge in [-0.1, -0.05) is 20.8 Å². The molecular formula is C20H32O5Si. The summed E-state index contributed by atoms with van der Waals surface area (Å²) in [6, 6.07) is 5.51. The minimum Gasteiger partial charge on any atom is -0.543 e. The van der Waals surface area contributed by atoms with Crippen LogP contribution in [0.3, 0.4) is 0 Å². The van der Waals surface area contributed by atoms with Gasteiger partial charge < -0.3 is 18.6 Å². The molecule has 146 valence electrons. The van der Waals surface area contributed by atoms with Crippen molar-refractivity contribution in [1.29, 1.82) is 0 Å². The second-order valence-electron chi connectivity index (χ2n) is 8.33. The maximum absolute atomic E-state index is 12.1. The van der Waals surface area contributed by atoms with E-state index in [1.54, 1.807) is 12.1 Å². The summed E-state index contributed by atoms with van der Waals surface area (Å²) in [6.07, 6.45) is 2.94. The van der Waals surface area contributed by atoms with Crippen molar-refractivity contribution in [2.24, 2.45) is 0 Å². The minimum atomic E-state index is -2.01. The summed E-state index contributed by atoms with van der Waals surface area (Å²) in [5.74, 6) is 0.323. The Morgan fingerprint density at radius 3 is 2.54 bits per heavy atom. The van der Waals surface area contributed by atoms with Gasteiger partial charge in [-0.25, -0.2) is 4.79 Å². The van der Waals surface area contributed by atoms with Crippen molar-refractivity contribution in [3.8, 4) is 5.75 Å². The van der Waals surface area contributed by atoms with Gasteiger partial charge >= 0.3 is 5.97 Å². The van der Waals surface area contributed by atoms with E-state index >= 15 is 0 Å². The molecule has 0 radical (unpaired) electrons. The molecule has 1 atom stereocenters. The summed E-state index contributed by atoms with van der Waals surface area (Å²) in [4.78, 5) is 12.1. The lowest BCUT2D eigenvalue weighted by molar-refractivity contribution is -0.168. The van der Waals surface area contributed by atoms with Crippen LogP contribution < -0.4 is 4.43 Å². The molecule has 0 bridgehead atoms. The fourth-order valence-electron chi connectivity index (χ4n) is 2.52. The topological polar surface area (TPSA) is 54.0 Å². The molecule has 0 aliphatic carbocycles. The van der Waals surface area contributed by atoms with E-state index in [0.29, 0.717) is 17.9 Å². The molecule has 1 fully saturated rings. The molecule has 0 aromatic heterocycles. The van der Waals surface area contributed by atoms with Crippen LogP contribution in [0.25, 0.3) is 0 Å². The largest absolute Gasteiger partial charge is 0.543 e. The number of rotatable bonds is 6. The maximum Gasteiger partial charge on any atom is 0.337 e. The second-order valence-corrected chi connectivity index (χ2v) is 13.1. The lowest BCUT2D eigenvalue weighted by atomic mass is 10.1. The average molecular weight is 381 g/mol. The Bertz CT molecular complexity index is 615. The zero-order valence-electron chi connectivity index (χ0n) is 16.9. The first kappa shape index (κ1) is 20.9. The Balaban J connectivity index is 2.20. The van der Waals surface area contributed by atoms with Gasteiger partial charge in [-0.2, -0.15) is 0 Å². The van der Waals surface area contributed by atoms with E-state index in [1.807, 2.05) is 6.07 Å². The standard InChI is InChI=1S/C20H32O5Si/c1-20(2,3)26(5,6)25-17-12-15(11-16(13-17)19(21)22-4)14-24-18-9-7-8-10-23-18/h11-13,18H,7-10,14H2,1-6H3. The zero-order valence-corrected chi connectivity index (χ0v) is 17.9. The Morgan fingerprint density at radius 1 is 1.23 bits per heavy atom. The van der Waals surface area contributed by atoms with Crippen molar-refractivity contribution in [2.75, 3.05) is 13.7 Å². The van der Waals surface area contributed by atoms with E-state index in [-0.39, 0.29) is 17.3 Å². The zero-order chi connectivity index (χ0) is 19.4. The van der Waals surface area contributed by atoms with Crippen LogP contribution in [0.1, 0.15) is 56.0 Å². The number of methoxy groups -OCH3 is 1. The molecule has 0 amide bonds. The van der Waals surface area contributed by atoms with Crippen molar-refractivity contribution in [3.63, 3.8) is 0 Å². The van der Waals surface area contributed by atoms with E-state index in [0.717, 1.165) is 31.4 Å². The van der Waals surface area contributed by atoms with Gasteiger partial charge in [0, 0.05) is 6.61 Å². The molecule has 0 N–H and O–H groups in total. The van der Waals surface area contributed by atoms with Gasteiger partial charge in [-0.05, 0) is 61.2 Å². The number of carbonyl (C=O) groups is 1. The van der Waals surface area contributed by atoms with E-state index in [2.05, 4.69) is 33.9 Å². The van der Waals surface area contributed by atoms with Crippen LogP contribution >= 0.6 is 0 Å². The van der Waals surface area contributed by atoms with Gasteiger partial charge in [0.05, 0.1) is 19.3 Å². The van der Waals surface area contributed by atoms with Crippen LogP contribution in [0, 0.1) is 0 Å². The molecule has 1 aliphatic rings. The first-order valence-corrected chi connectivity index (χ1v) is 12.2. The van der Waals surface area contributed by atoms with Crippen molar-refractivity contribution < 1.29 is 23.4 Å². The number of carbonyl (C=O) groups excluding carboxylic acids is 1. The minimum absolute atomic E-state index is 0.0703. The summed E-state index contributed by atoms with van der Waals surface area (Å²) in [7, 11) is -0.625. The molecule has 5 nitrogen and oxygen atoms in total. The van der Waals surface area contributed by atoms with E-state index in [4.69, 9.17) is 18.6 Å². The highest BCUT2D eigenvalue weighted by Gasteiger charge is 2.39. The maximum atomic E-state index is 12.1. The Kier molecular flexibility index (Phi) is 6.88. The van der Waals surface area contributed by atoms with Crippen LogP contribution in [0.5, 0.6) is 5.75 Å².